The first-order valence-corrected chi connectivity index (χ1v) is 8.77. The summed E-state index contributed by atoms with van der Waals surface area (Å²) in [5, 5.41) is 5.53. The van der Waals surface area contributed by atoms with Crippen LogP contribution >= 0.6 is 0 Å². The van der Waals surface area contributed by atoms with Crippen LogP contribution in [0.2, 0.25) is 0 Å². The Morgan fingerprint density at radius 1 is 1.15 bits per heavy atom. The number of carbonyl (C=O) groups is 1. The van der Waals surface area contributed by atoms with E-state index in [4.69, 9.17) is 4.74 Å². The molecule has 1 aromatic rings. The van der Waals surface area contributed by atoms with E-state index in [2.05, 4.69) is 29.4 Å². The Balaban J connectivity index is 1.78. The summed E-state index contributed by atoms with van der Waals surface area (Å²) in [4.78, 5) is 14.3. The number of ether oxygens (including phenoxy) is 1. The van der Waals surface area contributed by atoms with Gasteiger partial charge in [0.1, 0.15) is 0 Å². The normalized spacial score (nSPS) is 17.2. The van der Waals surface area contributed by atoms with Gasteiger partial charge in [-0.2, -0.15) is 13.2 Å². The van der Waals surface area contributed by atoms with Crippen LogP contribution < -0.4 is 10.6 Å². The number of rotatable bonds is 6. The average Bonchev–Trinajstić information content (AvgIpc) is 2.60. The highest BCUT2D eigenvalue weighted by Crippen LogP contribution is 2.29. The van der Waals surface area contributed by atoms with Gasteiger partial charge in [0.15, 0.2) is 0 Å². The molecule has 1 fully saturated rings. The van der Waals surface area contributed by atoms with Gasteiger partial charge in [0.2, 0.25) is 0 Å². The molecule has 0 aliphatic carbocycles. The Hall–Kier alpha value is -1.80. The standard InChI is InChI=1S/C18H26F3N3O2/c1-13(2)16(24-7-9-26-10-8-24)12-23-17(25)22-11-14-3-5-15(6-4-14)18(19,20)21/h3-6,13,16H,7-12H2,1-2H3,(H2,22,23,25). The lowest BCUT2D eigenvalue weighted by molar-refractivity contribution is -0.137. The van der Waals surface area contributed by atoms with E-state index in [1.807, 2.05) is 0 Å². The van der Waals surface area contributed by atoms with Gasteiger partial charge in [-0.15, -0.1) is 0 Å². The molecule has 0 saturated carbocycles. The van der Waals surface area contributed by atoms with Crippen LogP contribution in [-0.4, -0.2) is 49.8 Å². The first kappa shape index (κ1) is 20.5. The third kappa shape index (κ3) is 6.17. The first-order chi connectivity index (χ1) is 12.3. The number of halogens is 3. The maximum atomic E-state index is 12.5. The van der Waals surface area contributed by atoms with Gasteiger partial charge in [-0.1, -0.05) is 26.0 Å². The van der Waals surface area contributed by atoms with E-state index in [1.165, 1.54) is 12.1 Å². The molecule has 5 nitrogen and oxygen atoms in total. The number of nitrogens with zero attached hydrogens (tertiary/aromatic N) is 1. The van der Waals surface area contributed by atoms with Gasteiger partial charge in [0.05, 0.1) is 18.8 Å². The van der Waals surface area contributed by atoms with Crippen molar-refractivity contribution in [1.29, 1.82) is 0 Å². The third-order valence-electron chi connectivity index (χ3n) is 4.49. The summed E-state index contributed by atoms with van der Waals surface area (Å²) in [6.45, 7) is 8.00. The minimum absolute atomic E-state index is 0.174. The first-order valence-electron chi connectivity index (χ1n) is 8.77. The Morgan fingerprint density at radius 2 is 1.77 bits per heavy atom. The number of benzene rings is 1. The van der Waals surface area contributed by atoms with Crippen molar-refractivity contribution in [3.63, 3.8) is 0 Å². The van der Waals surface area contributed by atoms with E-state index >= 15 is 0 Å². The van der Waals surface area contributed by atoms with Crippen LogP contribution in [0.25, 0.3) is 0 Å². The molecule has 146 valence electrons. The minimum atomic E-state index is -4.35. The molecule has 1 saturated heterocycles. The van der Waals surface area contributed by atoms with Gasteiger partial charge in [0, 0.05) is 32.2 Å². The van der Waals surface area contributed by atoms with Gasteiger partial charge in [-0.05, 0) is 23.6 Å². The summed E-state index contributed by atoms with van der Waals surface area (Å²) < 4.78 is 43.0. The molecular formula is C18H26F3N3O2. The number of hydrogen-bond donors (Lipinski definition) is 2. The van der Waals surface area contributed by atoms with Crippen molar-refractivity contribution in [2.75, 3.05) is 32.8 Å². The predicted octanol–water partition coefficient (Wildman–Crippen LogP) is 2.86. The number of amides is 2. The maximum Gasteiger partial charge on any atom is 0.416 e. The van der Waals surface area contributed by atoms with Crippen molar-refractivity contribution in [1.82, 2.24) is 15.5 Å². The van der Waals surface area contributed by atoms with Gasteiger partial charge in [0.25, 0.3) is 0 Å². The molecule has 0 bridgehead atoms. The van der Waals surface area contributed by atoms with Gasteiger partial charge < -0.3 is 15.4 Å². The highest BCUT2D eigenvalue weighted by Gasteiger charge is 2.30. The van der Waals surface area contributed by atoms with Crippen molar-refractivity contribution < 1.29 is 22.7 Å². The SMILES string of the molecule is CC(C)C(CNC(=O)NCc1ccc(C(F)(F)F)cc1)N1CCOCC1. The molecule has 1 aliphatic heterocycles. The van der Waals surface area contributed by atoms with Gasteiger partial charge in [-0.3, -0.25) is 4.90 Å². The Morgan fingerprint density at radius 3 is 2.31 bits per heavy atom. The number of nitrogens with one attached hydrogen (secondary N) is 2. The third-order valence-corrected chi connectivity index (χ3v) is 4.49. The van der Waals surface area contributed by atoms with E-state index in [0.29, 0.717) is 31.2 Å². The van der Waals surface area contributed by atoms with E-state index < -0.39 is 11.7 Å². The molecule has 1 atom stereocenters. The van der Waals surface area contributed by atoms with Gasteiger partial charge in [-0.25, -0.2) is 4.79 Å². The highest BCUT2D eigenvalue weighted by molar-refractivity contribution is 5.73. The molecule has 1 unspecified atom stereocenters. The lowest BCUT2D eigenvalue weighted by atomic mass is 10.0. The van der Waals surface area contributed by atoms with Crippen LogP contribution in [-0.2, 0) is 17.5 Å². The summed E-state index contributed by atoms with van der Waals surface area (Å²) in [7, 11) is 0. The summed E-state index contributed by atoms with van der Waals surface area (Å²) in [6.07, 6.45) is -4.35. The quantitative estimate of drug-likeness (QED) is 0.806. The van der Waals surface area contributed by atoms with Crippen LogP contribution in [0.15, 0.2) is 24.3 Å². The van der Waals surface area contributed by atoms with Crippen LogP contribution in [0.3, 0.4) is 0 Å². The van der Waals surface area contributed by atoms with Crippen LogP contribution in [0, 0.1) is 5.92 Å². The second kappa shape index (κ2) is 9.23. The molecule has 2 rings (SSSR count). The maximum absolute atomic E-state index is 12.5. The molecule has 1 heterocycles. The average molecular weight is 373 g/mol. The smallest absolute Gasteiger partial charge is 0.379 e. The molecule has 0 radical (unpaired) electrons. The summed E-state index contributed by atoms with van der Waals surface area (Å²) in [5.74, 6) is 0.378. The molecule has 0 aromatic heterocycles. The summed E-state index contributed by atoms with van der Waals surface area (Å²) >= 11 is 0. The van der Waals surface area contributed by atoms with Crippen molar-refractivity contribution in [3.05, 3.63) is 35.4 Å². The van der Waals surface area contributed by atoms with Crippen molar-refractivity contribution in [3.8, 4) is 0 Å². The van der Waals surface area contributed by atoms with Gasteiger partial charge >= 0.3 is 12.2 Å². The largest absolute Gasteiger partial charge is 0.416 e. The van der Waals surface area contributed by atoms with Crippen molar-refractivity contribution in [2.24, 2.45) is 5.92 Å². The second-order valence-electron chi connectivity index (χ2n) is 6.72. The lowest BCUT2D eigenvalue weighted by Gasteiger charge is -2.36. The fraction of sp³-hybridized carbons (Fsp3) is 0.611. The van der Waals surface area contributed by atoms with Crippen molar-refractivity contribution >= 4 is 6.03 Å². The zero-order chi connectivity index (χ0) is 19.2. The highest BCUT2D eigenvalue weighted by atomic mass is 19.4. The summed E-state index contributed by atoms with van der Waals surface area (Å²) in [5.41, 5.74) is -0.0854. The predicted molar refractivity (Wildman–Crippen MR) is 92.7 cm³/mol. The van der Waals surface area contributed by atoms with Crippen molar-refractivity contribution in [2.45, 2.75) is 32.6 Å². The molecule has 1 aliphatic rings. The molecule has 26 heavy (non-hydrogen) atoms. The number of morpholine rings is 1. The van der Waals surface area contributed by atoms with Crippen LogP contribution in [0.5, 0.6) is 0 Å². The zero-order valence-corrected chi connectivity index (χ0v) is 15.1. The molecule has 1 aromatic carbocycles. The monoisotopic (exact) mass is 373 g/mol. The Labute approximate surface area is 151 Å². The van der Waals surface area contributed by atoms with E-state index in [0.717, 1.165) is 25.2 Å². The Bertz CT molecular complexity index is 570. The molecular weight excluding hydrogens is 347 g/mol. The van der Waals surface area contributed by atoms with E-state index in [1.54, 1.807) is 0 Å². The zero-order valence-electron chi connectivity index (χ0n) is 15.1. The summed E-state index contributed by atoms with van der Waals surface area (Å²) in [6, 6.07) is 4.66. The second-order valence-corrected chi connectivity index (χ2v) is 6.72. The molecule has 2 amide bonds. The topological polar surface area (TPSA) is 53.6 Å². The fourth-order valence-corrected chi connectivity index (χ4v) is 2.95. The number of alkyl halides is 3. The van der Waals surface area contributed by atoms with E-state index in [9.17, 15) is 18.0 Å². The number of hydrogen-bond acceptors (Lipinski definition) is 3. The molecule has 8 heteroatoms. The number of urea groups is 1. The lowest BCUT2D eigenvalue weighted by Crippen LogP contribution is -2.52. The van der Waals surface area contributed by atoms with Crippen LogP contribution in [0.1, 0.15) is 25.0 Å². The minimum Gasteiger partial charge on any atom is -0.379 e. The fourth-order valence-electron chi connectivity index (χ4n) is 2.95. The molecule has 0 spiro atoms. The van der Waals surface area contributed by atoms with Crippen LogP contribution in [0.4, 0.5) is 18.0 Å². The van der Waals surface area contributed by atoms with E-state index in [-0.39, 0.29) is 18.6 Å². The Kier molecular flexibility index (Phi) is 7.28. The molecule has 2 N–H and O–H groups in total. The number of carbonyl (C=O) groups excluding carboxylic acids is 1.